The van der Waals surface area contributed by atoms with E-state index in [2.05, 4.69) is 15.4 Å². The quantitative estimate of drug-likeness (QED) is 0.643. The van der Waals surface area contributed by atoms with Gasteiger partial charge in [-0.05, 0) is 42.5 Å². The van der Waals surface area contributed by atoms with Crippen LogP contribution in [0.4, 0.5) is 0 Å². The lowest BCUT2D eigenvalue weighted by Crippen LogP contribution is -2.25. The number of nitrogens with one attached hydrogen (secondary N) is 1. The molecule has 1 aliphatic carbocycles. The van der Waals surface area contributed by atoms with Crippen LogP contribution in [0.2, 0.25) is 0 Å². The first-order chi connectivity index (χ1) is 15.2. The first-order valence-electron chi connectivity index (χ1n) is 10.8. The summed E-state index contributed by atoms with van der Waals surface area (Å²) in [5, 5.41) is 7.41. The van der Waals surface area contributed by atoms with Gasteiger partial charge in [0.15, 0.2) is 0 Å². The summed E-state index contributed by atoms with van der Waals surface area (Å²) in [6.45, 7) is 1.89. The summed E-state index contributed by atoms with van der Waals surface area (Å²) in [5.41, 5.74) is 3.01. The van der Waals surface area contributed by atoms with E-state index < -0.39 is 0 Å². The highest BCUT2D eigenvalue weighted by Gasteiger charge is 2.31. The van der Waals surface area contributed by atoms with Gasteiger partial charge >= 0.3 is 0 Å². The van der Waals surface area contributed by atoms with Crippen molar-refractivity contribution in [3.63, 3.8) is 0 Å². The topological polar surface area (TPSA) is 80.1 Å². The van der Waals surface area contributed by atoms with Crippen molar-refractivity contribution in [3.8, 4) is 5.69 Å². The maximum absolute atomic E-state index is 12.7. The Morgan fingerprint density at radius 2 is 1.77 bits per heavy atom. The molecule has 2 aromatic carbocycles. The van der Waals surface area contributed by atoms with Crippen molar-refractivity contribution in [3.05, 3.63) is 77.4 Å². The molecule has 0 atom stereocenters. The zero-order valence-electron chi connectivity index (χ0n) is 17.3. The minimum absolute atomic E-state index is 0.204. The fourth-order valence-electron chi connectivity index (χ4n) is 3.90. The van der Waals surface area contributed by atoms with Crippen LogP contribution < -0.4 is 5.32 Å². The smallest absolute Gasteiger partial charge is 0.291 e. The maximum Gasteiger partial charge on any atom is 0.291 e. The van der Waals surface area contributed by atoms with Gasteiger partial charge in [-0.15, -0.1) is 5.10 Å². The second-order valence-corrected chi connectivity index (χ2v) is 8.23. The van der Waals surface area contributed by atoms with E-state index in [-0.39, 0.29) is 17.6 Å². The Morgan fingerprint density at radius 1 is 1.03 bits per heavy atom. The van der Waals surface area contributed by atoms with Crippen LogP contribution in [-0.2, 0) is 17.9 Å². The minimum Gasteiger partial charge on any atom is -0.345 e. The van der Waals surface area contributed by atoms with Crippen LogP contribution in [0.25, 0.3) is 5.69 Å². The molecule has 0 spiro atoms. The molecular weight excluding hydrogens is 390 g/mol. The highest BCUT2D eigenvalue weighted by molar-refractivity contribution is 5.90. The van der Waals surface area contributed by atoms with Gasteiger partial charge in [-0.1, -0.05) is 42.5 Å². The number of rotatable bonds is 7. The van der Waals surface area contributed by atoms with Crippen LogP contribution in [0.15, 0.2) is 54.6 Å². The van der Waals surface area contributed by atoms with Crippen LogP contribution >= 0.6 is 0 Å². The number of amides is 2. The Hall–Kier alpha value is -3.48. The van der Waals surface area contributed by atoms with Crippen molar-refractivity contribution in [2.45, 2.75) is 44.7 Å². The number of benzene rings is 2. The van der Waals surface area contributed by atoms with Gasteiger partial charge in [0.25, 0.3) is 5.91 Å². The van der Waals surface area contributed by atoms with E-state index >= 15 is 0 Å². The summed E-state index contributed by atoms with van der Waals surface area (Å²) in [5.74, 6) is 1.39. The fourth-order valence-corrected chi connectivity index (χ4v) is 3.90. The van der Waals surface area contributed by atoms with Crippen molar-refractivity contribution in [1.29, 1.82) is 0 Å². The van der Waals surface area contributed by atoms with Crippen LogP contribution in [0.5, 0.6) is 0 Å². The molecule has 3 aromatic rings. The molecule has 1 saturated heterocycles. The molecule has 0 radical (unpaired) electrons. The Morgan fingerprint density at radius 3 is 2.45 bits per heavy atom. The maximum atomic E-state index is 12.7. The zero-order valence-corrected chi connectivity index (χ0v) is 17.3. The molecule has 7 nitrogen and oxygen atoms in total. The molecule has 1 aliphatic heterocycles. The summed E-state index contributed by atoms with van der Waals surface area (Å²) in [7, 11) is 0. The Bertz CT molecular complexity index is 1090. The predicted octanol–water partition coefficient (Wildman–Crippen LogP) is 3.20. The minimum atomic E-state index is -0.275. The third-order valence-corrected chi connectivity index (χ3v) is 5.80. The van der Waals surface area contributed by atoms with Gasteiger partial charge < -0.3 is 10.2 Å². The number of likely N-dealkylation sites (tertiary alicyclic amines) is 1. The molecule has 0 bridgehead atoms. The molecule has 1 N–H and O–H groups in total. The summed E-state index contributed by atoms with van der Waals surface area (Å²) in [6.07, 6.45) is 3.77. The van der Waals surface area contributed by atoms with E-state index in [1.807, 2.05) is 59.5 Å². The van der Waals surface area contributed by atoms with E-state index in [4.69, 9.17) is 0 Å². The van der Waals surface area contributed by atoms with Crippen molar-refractivity contribution in [2.24, 2.45) is 0 Å². The largest absolute Gasteiger partial charge is 0.345 e. The number of para-hydroxylation sites is 1. The Balaban J connectivity index is 1.23. The molecule has 2 aliphatic rings. The molecule has 31 heavy (non-hydrogen) atoms. The molecule has 2 heterocycles. The molecular formula is C24H25N5O2. The van der Waals surface area contributed by atoms with Crippen molar-refractivity contribution in [2.75, 3.05) is 6.54 Å². The van der Waals surface area contributed by atoms with Crippen LogP contribution in [0.3, 0.4) is 0 Å². The van der Waals surface area contributed by atoms with E-state index in [0.29, 0.717) is 25.4 Å². The van der Waals surface area contributed by atoms with E-state index in [0.717, 1.165) is 48.4 Å². The molecule has 1 aromatic heterocycles. The monoisotopic (exact) mass is 415 g/mol. The normalized spacial score (nSPS) is 16.0. The van der Waals surface area contributed by atoms with E-state index in [1.54, 1.807) is 4.68 Å². The SMILES string of the molecule is O=C(NCc1ccc(CN2CCCC2=O)cc1)c1nc(C2CC2)n(-c2ccccc2)n1. The predicted molar refractivity (Wildman–Crippen MR) is 116 cm³/mol. The number of hydrogen-bond donors (Lipinski definition) is 1. The number of nitrogens with zero attached hydrogens (tertiary/aromatic N) is 4. The summed E-state index contributed by atoms with van der Waals surface area (Å²) < 4.78 is 1.79. The fraction of sp³-hybridized carbons (Fsp3) is 0.333. The van der Waals surface area contributed by atoms with Gasteiger partial charge in [0, 0.05) is 32.0 Å². The second-order valence-electron chi connectivity index (χ2n) is 8.23. The van der Waals surface area contributed by atoms with Gasteiger partial charge in [-0.25, -0.2) is 9.67 Å². The number of carbonyl (C=O) groups excluding carboxylic acids is 2. The molecule has 1 saturated carbocycles. The molecule has 0 unspecified atom stereocenters. The average molecular weight is 415 g/mol. The molecule has 7 heteroatoms. The average Bonchev–Trinajstić information content (AvgIpc) is 3.43. The summed E-state index contributed by atoms with van der Waals surface area (Å²) in [6, 6.07) is 17.8. The highest BCUT2D eigenvalue weighted by Crippen LogP contribution is 2.39. The van der Waals surface area contributed by atoms with Crippen molar-refractivity contribution in [1.82, 2.24) is 25.0 Å². The van der Waals surface area contributed by atoms with Gasteiger partial charge in [0.05, 0.1) is 5.69 Å². The third-order valence-electron chi connectivity index (χ3n) is 5.80. The number of hydrogen-bond acceptors (Lipinski definition) is 4. The molecule has 2 amide bonds. The summed E-state index contributed by atoms with van der Waals surface area (Å²) in [4.78, 5) is 30.9. The number of carbonyl (C=O) groups is 2. The van der Waals surface area contributed by atoms with Gasteiger partial charge in [0.1, 0.15) is 5.82 Å². The van der Waals surface area contributed by atoms with Crippen LogP contribution in [0, 0.1) is 0 Å². The standard InChI is InChI=1S/C24H25N5O2/c30-21-7-4-14-28(21)16-18-10-8-17(9-11-18)15-25-24(31)22-26-23(19-12-13-19)29(27-22)20-5-2-1-3-6-20/h1-3,5-6,8-11,19H,4,7,12-16H2,(H,25,31). The first kappa shape index (κ1) is 19.5. The van der Waals surface area contributed by atoms with Gasteiger partial charge in [0.2, 0.25) is 11.7 Å². The Kier molecular flexibility index (Phi) is 5.24. The van der Waals surface area contributed by atoms with Crippen molar-refractivity contribution < 1.29 is 9.59 Å². The van der Waals surface area contributed by atoms with Gasteiger partial charge in [-0.2, -0.15) is 0 Å². The number of aromatic nitrogens is 3. The molecule has 5 rings (SSSR count). The highest BCUT2D eigenvalue weighted by atomic mass is 16.2. The second kappa shape index (κ2) is 8.34. The van der Waals surface area contributed by atoms with Crippen molar-refractivity contribution >= 4 is 11.8 Å². The molecule has 2 fully saturated rings. The lowest BCUT2D eigenvalue weighted by atomic mass is 10.1. The van der Waals surface area contributed by atoms with E-state index in [9.17, 15) is 9.59 Å². The molecule has 158 valence electrons. The lowest BCUT2D eigenvalue weighted by Gasteiger charge is -2.15. The van der Waals surface area contributed by atoms with Gasteiger partial charge in [-0.3, -0.25) is 9.59 Å². The third kappa shape index (κ3) is 4.35. The zero-order chi connectivity index (χ0) is 21.2. The van der Waals surface area contributed by atoms with Crippen LogP contribution in [-0.4, -0.2) is 38.0 Å². The first-order valence-corrected chi connectivity index (χ1v) is 10.8. The lowest BCUT2D eigenvalue weighted by molar-refractivity contribution is -0.128. The van der Waals surface area contributed by atoms with Crippen LogP contribution in [0.1, 0.15) is 59.2 Å². The summed E-state index contributed by atoms with van der Waals surface area (Å²) >= 11 is 0. The Labute approximate surface area is 181 Å². The van der Waals surface area contributed by atoms with E-state index in [1.165, 1.54) is 0 Å².